The minimum absolute atomic E-state index is 0.0483. The van der Waals surface area contributed by atoms with Gasteiger partial charge in [0.05, 0.1) is 12.5 Å². The fraction of sp³-hybridized carbons (Fsp3) is 0.588. The van der Waals surface area contributed by atoms with Crippen LogP contribution in [0.2, 0.25) is 0 Å². The number of carbonyl (C=O) groups excluding carboxylic acids is 1. The van der Waals surface area contributed by atoms with E-state index in [0.29, 0.717) is 19.5 Å². The fourth-order valence-electron chi connectivity index (χ4n) is 2.09. The lowest BCUT2D eigenvalue weighted by Gasteiger charge is -2.22. The highest BCUT2D eigenvalue weighted by molar-refractivity contribution is 5.76. The summed E-state index contributed by atoms with van der Waals surface area (Å²) in [5, 5.41) is 0. The molecule has 1 aromatic rings. The summed E-state index contributed by atoms with van der Waals surface area (Å²) in [5.74, 6) is 0.0483. The maximum atomic E-state index is 12.1. The predicted octanol–water partition coefficient (Wildman–Crippen LogP) is 2.31. The minimum atomic E-state index is -0.205. The summed E-state index contributed by atoms with van der Waals surface area (Å²) in [6.07, 6.45) is 0.118. The second kappa shape index (κ2) is 7.57. The maximum absolute atomic E-state index is 12.1. The predicted molar refractivity (Wildman–Crippen MR) is 86.1 cm³/mol. The molecular formula is C17H28N2O2. The highest BCUT2D eigenvalue weighted by Gasteiger charge is 2.16. The van der Waals surface area contributed by atoms with Gasteiger partial charge in [0.1, 0.15) is 0 Å². The van der Waals surface area contributed by atoms with Gasteiger partial charge in [0.15, 0.2) is 0 Å². The third-order valence-electron chi connectivity index (χ3n) is 3.66. The molecule has 0 radical (unpaired) electrons. The van der Waals surface area contributed by atoms with Crippen LogP contribution in [0.1, 0.15) is 38.3 Å². The smallest absolute Gasteiger partial charge is 0.225 e. The van der Waals surface area contributed by atoms with Crippen molar-refractivity contribution in [3.8, 4) is 0 Å². The topological polar surface area (TPSA) is 55.6 Å². The molecule has 0 aromatic heterocycles. The molecule has 1 aromatic carbocycles. The van der Waals surface area contributed by atoms with Gasteiger partial charge in [-0.15, -0.1) is 0 Å². The Morgan fingerprint density at radius 1 is 1.29 bits per heavy atom. The summed E-state index contributed by atoms with van der Waals surface area (Å²) in [5.41, 5.74) is 8.11. The van der Waals surface area contributed by atoms with E-state index < -0.39 is 0 Å². The number of amides is 1. The number of benzene rings is 1. The van der Waals surface area contributed by atoms with Gasteiger partial charge >= 0.3 is 0 Å². The van der Waals surface area contributed by atoms with Gasteiger partial charge < -0.3 is 15.4 Å². The summed E-state index contributed by atoms with van der Waals surface area (Å²) in [6, 6.07) is 8.43. The summed E-state index contributed by atoms with van der Waals surface area (Å²) >= 11 is 0. The molecule has 1 amide bonds. The Balaban J connectivity index is 2.62. The first-order valence-corrected chi connectivity index (χ1v) is 7.34. The molecule has 1 atom stereocenters. The number of rotatable bonds is 6. The molecule has 1 rings (SSSR count). The van der Waals surface area contributed by atoms with Crippen molar-refractivity contribution < 1.29 is 9.53 Å². The molecule has 118 valence electrons. The molecule has 0 saturated heterocycles. The second-order valence-corrected chi connectivity index (χ2v) is 6.49. The van der Waals surface area contributed by atoms with E-state index in [1.165, 1.54) is 5.56 Å². The molecule has 1 unspecified atom stereocenters. The number of ether oxygens (including phenoxy) is 1. The lowest BCUT2D eigenvalue weighted by molar-refractivity contribution is -0.132. The van der Waals surface area contributed by atoms with Crippen LogP contribution in [0.15, 0.2) is 24.3 Å². The van der Waals surface area contributed by atoms with Crippen molar-refractivity contribution in [1.29, 1.82) is 0 Å². The number of hydrogen-bond donors (Lipinski definition) is 1. The quantitative estimate of drug-likeness (QED) is 0.875. The van der Waals surface area contributed by atoms with Gasteiger partial charge in [0.25, 0.3) is 0 Å². The van der Waals surface area contributed by atoms with Crippen molar-refractivity contribution in [2.24, 2.45) is 5.73 Å². The molecule has 21 heavy (non-hydrogen) atoms. The molecule has 0 aliphatic rings. The van der Waals surface area contributed by atoms with E-state index in [1.54, 1.807) is 12.0 Å². The summed E-state index contributed by atoms with van der Waals surface area (Å²) in [7, 11) is 3.39. The Hall–Kier alpha value is -1.39. The molecule has 0 spiro atoms. The van der Waals surface area contributed by atoms with Crippen LogP contribution in [0.4, 0.5) is 0 Å². The summed E-state index contributed by atoms with van der Waals surface area (Å²) < 4.78 is 5.15. The minimum Gasteiger partial charge on any atom is -0.380 e. The Morgan fingerprint density at radius 2 is 1.86 bits per heavy atom. The van der Waals surface area contributed by atoms with E-state index in [-0.39, 0.29) is 17.4 Å². The average Bonchev–Trinajstić information content (AvgIpc) is 2.44. The highest BCUT2D eigenvalue weighted by atomic mass is 16.5. The molecule has 0 aliphatic carbocycles. The van der Waals surface area contributed by atoms with Crippen molar-refractivity contribution in [3.05, 3.63) is 35.4 Å². The van der Waals surface area contributed by atoms with Gasteiger partial charge in [0, 0.05) is 27.2 Å². The fourth-order valence-corrected chi connectivity index (χ4v) is 2.09. The van der Waals surface area contributed by atoms with Crippen LogP contribution < -0.4 is 5.73 Å². The zero-order valence-corrected chi connectivity index (χ0v) is 13.8. The first-order valence-electron chi connectivity index (χ1n) is 7.34. The van der Waals surface area contributed by atoms with Gasteiger partial charge in [-0.1, -0.05) is 45.0 Å². The molecule has 0 fully saturated rings. The number of nitrogens with zero attached hydrogens (tertiary/aromatic N) is 1. The average molecular weight is 292 g/mol. The Morgan fingerprint density at radius 3 is 2.29 bits per heavy atom. The molecule has 0 heterocycles. The number of nitrogens with two attached hydrogens (primary N) is 1. The van der Waals surface area contributed by atoms with Crippen molar-refractivity contribution in [1.82, 2.24) is 4.90 Å². The monoisotopic (exact) mass is 292 g/mol. The molecule has 2 N–H and O–H groups in total. The Kier molecular flexibility index (Phi) is 6.37. The number of carbonyl (C=O) groups is 1. The SMILES string of the molecule is COC(CN)CC(=O)N(C)Cc1ccc(C(C)(C)C)cc1. The van der Waals surface area contributed by atoms with E-state index in [4.69, 9.17) is 10.5 Å². The molecule has 0 bridgehead atoms. The van der Waals surface area contributed by atoms with Gasteiger partial charge in [-0.05, 0) is 16.5 Å². The first-order chi connectivity index (χ1) is 9.77. The van der Waals surface area contributed by atoms with Crippen molar-refractivity contribution in [2.45, 2.75) is 45.3 Å². The zero-order valence-electron chi connectivity index (χ0n) is 13.8. The Labute approximate surface area is 128 Å². The molecule has 4 heteroatoms. The molecule has 0 saturated carbocycles. The largest absolute Gasteiger partial charge is 0.380 e. The molecule has 0 aliphatic heterocycles. The van der Waals surface area contributed by atoms with E-state index >= 15 is 0 Å². The maximum Gasteiger partial charge on any atom is 0.225 e. The second-order valence-electron chi connectivity index (χ2n) is 6.49. The normalized spacial score (nSPS) is 13.0. The molecular weight excluding hydrogens is 264 g/mol. The van der Waals surface area contributed by atoms with Crippen molar-refractivity contribution in [2.75, 3.05) is 20.7 Å². The molecule has 4 nitrogen and oxygen atoms in total. The lowest BCUT2D eigenvalue weighted by Crippen LogP contribution is -2.33. The van der Waals surface area contributed by atoms with Crippen LogP contribution in [0, 0.1) is 0 Å². The summed E-state index contributed by atoms with van der Waals surface area (Å²) in [4.78, 5) is 13.8. The standard InChI is InChI=1S/C17H28N2O2/c1-17(2,3)14-8-6-13(7-9-14)12-19(4)16(20)10-15(11-18)21-5/h6-9,15H,10-12,18H2,1-5H3. The van der Waals surface area contributed by atoms with Crippen LogP contribution in [0.3, 0.4) is 0 Å². The third-order valence-corrected chi connectivity index (χ3v) is 3.66. The highest BCUT2D eigenvalue weighted by Crippen LogP contribution is 2.22. The van der Waals surface area contributed by atoms with Gasteiger partial charge in [-0.3, -0.25) is 4.79 Å². The van der Waals surface area contributed by atoms with E-state index in [2.05, 4.69) is 45.0 Å². The van der Waals surface area contributed by atoms with Crippen LogP contribution in [-0.4, -0.2) is 37.6 Å². The number of hydrogen-bond acceptors (Lipinski definition) is 3. The van der Waals surface area contributed by atoms with E-state index in [9.17, 15) is 4.79 Å². The van der Waals surface area contributed by atoms with E-state index in [1.807, 2.05) is 7.05 Å². The van der Waals surface area contributed by atoms with Crippen LogP contribution in [-0.2, 0) is 21.5 Å². The first kappa shape index (κ1) is 17.7. The zero-order chi connectivity index (χ0) is 16.0. The third kappa shape index (κ3) is 5.48. The van der Waals surface area contributed by atoms with Gasteiger partial charge in [0.2, 0.25) is 5.91 Å². The van der Waals surface area contributed by atoms with Crippen molar-refractivity contribution in [3.63, 3.8) is 0 Å². The number of methoxy groups -OCH3 is 1. The Bertz CT molecular complexity index is 445. The summed E-state index contributed by atoms with van der Waals surface area (Å²) in [6.45, 7) is 7.53. The van der Waals surface area contributed by atoms with Gasteiger partial charge in [-0.2, -0.15) is 0 Å². The van der Waals surface area contributed by atoms with Crippen LogP contribution in [0.5, 0.6) is 0 Å². The van der Waals surface area contributed by atoms with Crippen LogP contribution in [0.25, 0.3) is 0 Å². The van der Waals surface area contributed by atoms with Crippen molar-refractivity contribution >= 4 is 5.91 Å². The van der Waals surface area contributed by atoms with E-state index in [0.717, 1.165) is 5.56 Å². The van der Waals surface area contributed by atoms with Crippen LogP contribution >= 0.6 is 0 Å². The lowest BCUT2D eigenvalue weighted by atomic mass is 9.87. The van der Waals surface area contributed by atoms with Gasteiger partial charge in [-0.25, -0.2) is 0 Å².